The predicted molar refractivity (Wildman–Crippen MR) is 515 cm³/mol. The van der Waals surface area contributed by atoms with Gasteiger partial charge in [-0.2, -0.15) is 0 Å². The Morgan fingerprint density at radius 2 is 0.429 bits per heavy atom. The predicted octanol–water partition coefficient (Wildman–Crippen LogP) is 29.6. The molecule has 0 bridgehead atoms. The van der Waals surface area contributed by atoms with Crippen LogP contribution in [0.1, 0.15) is 304 Å². The van der Waals surface area contributed by atoms with Crippen molar-refractivity contribution in [3.05, 3.63) is 311 Å². The molecule has 10 aromatic carbocycles. The van der Waals surface area contributed by atoms with Crippen LogP contribution in [-0.2, 0) is 66.7 Å². The van der Waals surface area contributed by atoms with Crippen LogP contribution in [-0.4, -0.2) is 41.8 Å². The summed E-state index contributed by atoms with van der Waals surface area (Å²) >= 11 is 0. The molecule has 11 atom stereocenters. The number of benzene rings is 10. The molecular weight excluding hydrogens is 1570 g/mol. The summed E-state index contributed by atoms with van der Waals surface area (Å²) in [6.45, 7) is 50.5. The van der Waals surface area contributed by atoms with Crippen LogP contribution in [0.5, 0.6) is 0 Å². The van der Waals surface area contributed by atoms with Crippen molar-refractivity contribution in [2.45, 2.75) is 268 Å². The quantitative estimate of drug-likeness (QED) is 0.0306. The number of hydrogen-bond acceptors (Lipinski definition) is 14. The molecule has 0 saturated heterocycles. The van der Waals surface area contributed by atoms with Gasteiger partial charge in [0.2, 0.25) is 0 Å². The van der Waals surface area contributed by atoms with Gasteiger partial charge >= 0.3 is 41.8 Å². The lowest BCUT2D eigenvalue weighted by molar-refractivity contribution is -0.160. The standard InChI is InChI=1S/C20H24O2.C19H22O2.C17H20O2.C15H22O2.2C14H20O2.C13H18O2/c1-5-20(3,4)19(21)22-15(2)16-11-13-18(14-12-16)17-9-7-6-8-10-17;1-4-14(2)19(20)21-15(3)16-10-12-18(13-11-16)17-8-6-5-7-9-17;1-4-12(2)17(18)19-13(3)15-10-9-14-7-5-6-8-16(14)11-15;1-6-15(4,5)14(16)17-12(3)13-9-7-11(2)8-10-13;1-5-11(3)14(15)16-12(4)13-8-6-10(2)7-9-13;1-5-14(3,4)13(15)16-11(2)12-9-7-6-8-10-12;1-4-10(2)13(14)15-11(3)12-8-6-5-7-9-12/h6-15H,5H2,1-4H3;5-15H,4H2,1-3H3;5-13H,4H2,1-3H3;7-10,12H,6H2,1-5H3;6-9,11-12H,5H2,1-4H3;6-11H,5H2,1-4H3;5-11H,4H2,1-3H3. The number of carbonyl (C=O) groups is 7. The van der Waals surface area contributed by atoms with Crippen molar-refractivity contribution in [1.29, 1.82) is 0 Å². The SMILES string of the molecule is CCC(C)(C)C(=O)OC(C)c1ccc(-c2ccccc2)cc1.CCC(C)(C)C(=O)OC(C)c1ccc(C)cc1.CCC(C)(C)C(=O)OC(C)c1ccccc1.CCC(C)C(=O)OC(C)c1ccc(-c2ccccc2)cc1.CCC(C)C(=O)OC(C)c1ccc(C)cc1.CCC(C)C(=O)OC(C)c1ccc2ccccc2c1.CCC(C)C(=O)OC(C)c1ccccc1. The molecule has 0 fully saturated rings. The van der Waals surface area contributed by atoms with E-state index in [1.54, 1.807) is 0 Å². The third-order valence-electron chi connectivity index (χ3n) is 23.2. The number of fused-ring (bicyclic) bond motifs is 1. The van der Waals surface area contributed by atoms with Gasteiger partial charge in [-0.25, -0.2) is 0 Å². The number of carbonyl (C=O) groups excluding carboxylic acids is 7. The Bertz CT molecular complexity index is 4830. The molecule has 11 unspecified atom stereocenters. The zero-order chi connectivity index (χ0) is 93.9. The first-order valence-corrected chi connectivity index (χ1v) is 45.2. The van der Waals surface area contributed by atoms with E-state index in [9.17, 15) is 33.6 Å². The topological polar surface area (TPSA) is 184 Å². The summed E-state index contributed by atoms with van der Waals surface area (Å²) in [6, 6.07) is 86.9. The van der Waals surface area contributed by atoms with Gasteiger partial charge in [-0.1, -0.05) is 342 Å². The zero-order valence-electron chi connectivity index (χ0n) is 80.3. The Kier molecular flexibility index (Phi) is 46.4. The van der Waals surface area contributed by atoms with Crippen LogP contribution >= 0.6 is 0 Å². The molecule has 0 spiro atoms. The highest BCUT2D eigenvalue weighted by molar-refractivity contribution is 5.83. The fourth-order valence-corrected chi connectivity index (χ4v) is 11.4. The van der Waals surface area contributed by atoms with Crippen LogP contribution in [0.2, 0.25) is 0 Å². The maximum Gasteiger partial charge on any atom is 0.312 e. The highest BCUT2D eigenvalue weighted by Crippen LogP contribution is 2.33. The van der Waals surface area contributed by atoms with Crippen LogP contribution in [0.25, 0.3) is 33.0 Å². The average Bonchev–Trinajstić information content (AvgIpc) is 0.833. The van der Waals surface area contributed by atoms with Crippen LogP contribution in [0.3, 0.4) is 0 Å². The lowest BCUT2D eigenvalue weighted by atomic mass is 9.90. The highest BCUT2D eigenvalue weighted by atomic mass is 16.6. The molecule has 0 aromatic heterocycles. The van der Waals surface area contributed by atoms with Gasteiger partial charge in [-0.05, 0) is 227 Å². The minimum absolute atomic E-state index is 0.0174. The van der Waals surface area contributed by atoms with Crippen molar-refractivity contribution in [3.8, 4) is 22.3 Å². The molecule has 126 heavy (non-hydrogen) atoms. The Hall–Kier alpha value is -11.3. The van der Waals surface area contributed by atoms with Gasteiger partial charge in [0.05, 0.1) is 39.9 Å². The molecule has 0 N–H and O–H groups in total. The molecule has 14 heteroatoms. The van der Waals surface area contributed by atoms with E-state index in [1.165, 1.54) is 38.6 Å². The molecule has 0 radical (unpaired) electrons. The van der Waals surface area contributed by atoms with E-state index in [0.717, 1.165) is 89.5 Å². The number of ether oxygens (including phenoxy) is 7. The maximum absolute atomic E-state index is 12.1. The third kappa shape index (κ3) is 36.7. The van der Waals surface area contributed by atoms with Gasteiger partial charge in [0, 0.05) is 0 Å². The van der Waals surface area contributed by atoms with E-state index in [2.05, 4.69) is 72.8 Å². The number of hydrogen-bond donors (Lipinski definition) is 0. The summed E-state index contributed by atoms with van der Waals surface area (Å²) in [4.78, 5) is 82.7. The molecule has 0 aliphatic rings. The van der Waals surface area contributed by atoms with Gasteiger partial charge in [0.1, 0.15) is 42.7 Å². The Labute approximate surface area is 755 Å². The second-order valence-electron chi connectivity index (χ2n) is 34.6. The normalized spacial score (nSPS) is 13.6. The van der Waals surface area contributed by atoms with Gasteiger partial charge < -0.3 is 33.2 Å². The van der Waals surface area contributed by atoms with Gasteiger partial charge in [0.25, 0.3) is 0 Å². The average molecular weight is 1720 g/mol. The number of aryl methyl sites for hydroxylation is 2. The van der Waals surface area contributed by atoms with E-state index in [4.69, 9.17) is 33.2 Å². The van der Waals surface area contributed by atoms with Crippen LogP contribution in [0.4, 0.5) is 0 Å². The summed E-state index contributed by atoms with van der Waals surface area (Å²) in [5, 5.41) is 2.37. The summed E-state index contributed by atoms with van der Waals surface area (Å²) in [7, 11) is 0. The van der Waals surface area contributed by atoms with Crippen LogP contribution < -0.4 is 0 Å². The summed E-state index contributed by atoms with van der Waals surface area (Å²) in [5.41, 5.74) is 13.1. The van der Waals surface area contributed by atoms with Crippen molar-refractivity contribution in [1.82, 2.24) is 0 Å². The zero-order valence-corrected chi connectivity index (χ0v) is 80.3. The summed E-state index contributed by atoms with van der Waals surface area (Å²) < 4.78 is 38.3. The molecule has 0 saturated carbocycles. The minimum Gasteiger partial charge on any atom is -0.458 e. The number of esters is 7. The number of rotatable bonds is 30. The summed E-state index contributed by atoms with van der Waals surface area (Å²) in [5.74, 6) is -1.01. The maximum atomic E-state index is 12.1. The fourth-order valence-electron chi connectivity index (χ4n) is 11.4. The van der Waals surface area contributed by atoms with Crippen molar-refractivity contribution in [3.63, 3.8) is 0 Å². The van der Waals surface area contributed by atoms with Crippen molar-refractivity contribution < 1.29 is 66.7 Å². The van der Waals surface area contributed by atoms with E-state index in [0.29, 0.717) is 0 Å². The molecule has 678 valence electrons. The lowest BCUT2D eigenvalue weighted by Gasteiger charge is -2.23. The molecule has 0 aliphatic heterocycles. The highest BCUT2D eigenvalue weighted by Gasteiger charge is 2.32. The van der Waals surface area contributed by atoms with Gasteiger partial charge in [0.15, 0.2) is 0 Å². The largest absolute Gasteiger partial charge is 0.458 e. The Morgan fingerprint density at radius 3 is 0.683 bits per heavy atom. The van der Waals surface area contributed by atoms with E-state index in [-0.39, 0.29) is 108 Å². The first kappa shape index (κ1) is 107. The van der Waals surface area contributed by atoms with Crippen molar-refractivity contribution >= 4 is 52.6 Å². The summed E-state index contributed by atoms with van der Waals surface area (Å²) in [6.07, 6.45) is 4.25. The van der Waals surface area contributed by atoms with E-state index >= 15 is 0 Å². The fraction of sp³-hybridized carbons (Fsp3) is 0.420. The van der Waals surface area contributed by atoms with Crippen LogP contribution in [0.15, 0.2) is 261 Å². The second-order valence-corrected chi connectivity index (χ2v) is 34.6. The lowest BCUT2D eigenvalue weighted by Crippen LogP contribution is -2.26. The Morgan fingerprint density at radius 1 is 0.230 bits per heavy atom. The minimum atomic E-state index is -0.432. The second kappa shape index (κ2) is 54.6. The van der Waals surface area contributed by atoms with Crippen LogP contribution in [0, 0.1) is 53.8 Å². The first-order chi connectivity index (χ1) is 59.7. The monoisotopic (exact) mass is 1720 g/mol. The van der Waals surface area contributed by atoms with Gasteiger partial charge in [-0.15, -0.1) is 0 Å². The first-order valence-electron chi connectivity index (χ1n) is 45.2. The smallest absolute Gasteiger partial charge is 0.312 e. The van der Waals surface area contributed by atoms with Crippen molar-refractivity contribution in [2.24, 2.45) is 39.9 Å². The van der Waals surface area contributed by atoms with E-state index in [1.807, 2.05) is 368 Å². The molecule has 14 nitrogen and oxygen atoms in total. The molecular formula is C112H146O14. The molecule has 0 heterocycles. The Balaban J connectivity index is 0.000000309. The molecule has 10 rings (SSSR count). The molecule has 0 aliphatic carbocycles. The molecule has 0 amide bonds. The van der Waals surface area contributed by atoms with Crippen molar-refractivity contribution in [2.75, 3.05) is 0 Å². The third-order valence-corrected chi connectivity index (χ3v) is 23.2. The van der Waals surface area contributed by atoms with Gasteiger partial charge in [-0.3, -0.25) is 33.6 Å². The molecule has 10 aromatic rings. The van der Waals surface area contributed by atoms with E-state index < -0.39 is 16.2 Å².